The molecule has 1 aliphatic rings. The summed E-state index contributed by atoms with van der Waals surface area (Å²) in [6, 6.07) is 6.08. The van der Waals surface area contributed by atoms with Crippen molar-refractivity contribution in [1.29, 1.82) is 0 Å². The first kappa shape index (κ1) is 28.5. The predicted molar refractivity (Wildman–Crippen MR) is 141 cm³/mol. The first-order chi connectivity index (χ1) is 15.8. The van der Waals surface area contributed by atoms with Crippen molar-refractivity contribution in [3.8, 4) is 11.5 Å². The van der Waals surface area contributed by atoms with E-state index in [9.17, 15) is 9.90 Å². The maximum Gasteiger partial charge on any atom is 0.309 e. The largest absolute Gasteiger partial charge is 0.488 e. The molecule has 2 rings (SSSR count). The molecule has 194 valence electrons. The van der Waals surface area contributed by atoms with Crippen LogP contribution in [0.3, 0.4) is 0 Å². The number of carbonyl (C=O) groups is 1. The monoisotopic (exact) mass is 474 g/mol. The van der Waals surface area contributed by atoms with Gasteiger partial charge in [0.2, 0.25) is 0 Å². The van der Waals surface area contributed by atoms with Crippen LogP contribution in [0.1, 0.15) is 119 Å². The van der Waals surface area contributed by atoms with Crippen molar-refractivity contribution in [3.05, 3.63) is 23.8 Å². The van der Waals surface area contributed by atoms with E-state index in [1.807, 2.05) is 32.9 Å². The number of ether oxygens (including phenoxy) is 2. The molecular weight excluding hydrogens is 424 g/mol. The molecule has 1 aliphatic heterocycles. The summed E-state index contributed by atoms with van der Waals surface area (Å²) >= 11 is 0. The number of carboxylic acids is 1. The third-order valence-corrected chi connectivity index (χ3v) is 7.70. The number of aliphatic carboxylic acids is 1. The molecule has 4 nitrogen and oxygen atoms in total. The molecule has 3 atom stereocenters. The van der Waals surface area contributed by atoms with Gasteiger partial charge in [0.25, 0.3) is 0 Å². The second-order valence-corrected chi connectivity index (χ2v) is 12.4. The Hall–Kier alpha value is -1.71. The van der Waals surface area contributed by atoms with E-state index in [4.69, 9.17) is 9.47 Å². The molecule has 0 radical (unpaired) electrons. The summed E-state index contributed by atoms with van der Waals surface area (Å²) in [4.78, 5) is 11.7. The summed E-state index contributed by atoms with van der Waals surface area (Å²) in [5.41, 5.74) is -0.289. The van der Waals surface area contributed by atoms with Gasteiger partial charge in [-0.15, -0.1) is 0 Å². The smallest absolute Gasteiger partial charge is 0.309 e. The van der Waals surface area contributed by atoms with Crippen LogP contribution < -0.4 is 9.47 Å². The molecule has 4 heteroatoms. The van der Waals surface area contributed by atoms with Crippen LogP contribution >= 0.6 is 0 Å². The lowest BCUT2D eigenvalue weighted by atomic mass is 9.78. The SMILES string of the molecule is CCC(C)(CC(C)(C)Oc1ccc2c(c1)CCC(C)(CCCC(C)CCCC(C)C)O2)C(=O)O. The molecule has 3 unspecified atom stereocenters. The number of benzene rings is 1. The Kier molecular flexibility index (Phi) is 9.91. The molecule has 0 bridgehead atoms. The molecule has 0 saturated carbocycles. The summed E-state index contributed by atoms with van der Waals surface area (Å²) in [5.74, 6) is 2.58. The predicted octanol–water partition coefficient (Wildman–Crippen LogP) is 8.45. The quantitative estimate of drug-likeness (QED) is 0.294. The zero-order valence-electron chi connectivity index (χ0n) is 23.1. The first-order valence-corrected chi connectivity index (χ1v) is 13.5. The Morgan fingerprint density at radius 3 is 2.44 bits per heavy atom. The molecule has 0 fully saturated rings. The maximum absolute atomic E-state index is 11.7. The van der Waals surface area contributed by atoms with E-state index in [0.29, 0.717) is 12.8 Å². The summed E-state index contributed by atoms with van der Waals surface area (Å²) in [7, 11) is 0. The second-order valence-electron chi connectivity index (χ2n) is 12.4. The normalized spacial score (nSPS) is 20.9. The third kappa shape index (κ3) is 8.50. The Labute approximate surface area is 208 Å². The molecule has 1 heterocycles. The fraction of sp³-hybridized carbons (Fsp3) is 0.767. The van der Waals surface area contributed by atoms with Gasteiger partial charge >= 0.3 is 5.97 Å². The topological polar surface area (TPSA) is 55.8 Å². The molecule has 1 aromatic carbocycles. The highest BCUT2D eigenvalue weighted by Crippen LogP contribution is 2.40. The van der Waals surface area contributed by atoms with Crippen LogP contribution in [0.4, 0.5) is 0 Å². The zero-order chi connectivity index (χ0) is 25.6. The molecule has 0 amide bonds. The lowest BCUT2D eigenvalue weighted by Crippen LogP contribution is -2.39. The average molecular weight is 475 g/mol. The third-order valence-electron chi connectivity index (χ3n) is 7.70. The van der Waals surface area contributed by atoms with Crippen LogP contribution in [0.2, 0.25) is 0 Å². The van der Waals surface area contributed by atoms with Gasteiger partial charge in [0.1, 0.15) is 22.7 Å². The Balaban J connectivity index is 1.91. The number of hydrogen-bond acceptors (Lipinski definition) is 3. The van der Waals surface area contributed by atoms with E-state index in [0.717, 1.165) is 42.6 Å². The van der Waals surface area contributed by atoms with Crippen LogP contribution in [0.25, 0.3) is 0 Å². The maximum atomic E-state index is 11.7. The molecule has 0 spiro atoms. The van der Waals surface area contributed by atoms with Crippen molar-refractivity contribution in [2.45, 2.75) is 131 Å². The zero-order valence-corrected chi connectivity index (χ0v) is 23.1. The van der Waals surface area contributed by atoms with E-state index in [1.165, 1.54) is 37.7 Å². The minimum atomic E-state index is -0.797. The average Bonchev–Trinajstić information content (AvgIpc) is 2.72. The highest BCUT2D eigenvalue weighted by Gasteiger charge is 2.39. The van der Waals surface area contributed by atoms with Crippen LogP contribution in [-0.2, 0) is 11.2 Å². The molecule has 34 heavy (non-hydrogen) atoms. The molecule has 1 N–H and O–H groups in total. The Morgan fingerprint density at radius 2 is 1.82 bits per heavy atom. The highest BCUT2D eigenvalue weighted by molar-refractivity contribution is 5.74. The first-order valence-electron chi connectivity index (χ1n) is 13.5. The van der Waals surface area contributed by atoms with Crippen molar-refractivity contribution < 1.29 is 19.4 Å². The van der Waals surface area contributed by atoms with E-state index in [1.54, 1.807) is 6.92 Å². The highest BCUT2D eigenvalue weighted by atomic mass is 16.5. The summed E-state index contributed by atoms with van der Waals surface area (Å²) < 4.78 is 12.8. The number of carboxylic acid groups (broad SMARTS) is 1. The van der Waals surface area contributed by atoms with Crippen molar-refractivity contribution in [3.63, 3.8) is 0 Å². The van der Waals surface area contributed by atoms with Crippen LogP contribution in [0.5, 0.6) is 11.5 Å². The van der Waals surface area contributed by atoms with Crippen molar-refractivity contribution in [2.75, 3.05) is 0 Å². The van der Waals surface area contributed by atoms with Gasteiger partial charge in [0.05, 0.1) is 5.41 Å². The van der Waals surface area contributed by atoms with E-state index in [-0.39, 0.29) is 5.60 Å². The molecule has 0 saturated heterocycles. The fourth-order valence-electron chi connectivity index (χ4n) is 5.30. The van der Waals surface area contributed by atoms with E-state index in [2.05, 4.69) is 33.8 Å². The second kappa shape index (κ2) is 11.8. The lowest BCUT2D eigenvalue weighted by Gasteiger charge is -2.37. The molecule has 0 aliphatic carbocycles. The molecular formula is C30H50O4. The van der Waals surface area contributed by atoms with Crippen LogP contribution in [0.15, 0.2) is 18.2 Å². The Morgan fingerprint density at radius 1 is 1.15 bits per heavy atom. The number of hydrogen-bond donors (Lipinski definition) is 1. The van der Waals surface area contributed by atoms with Gasteiger partial charge < -0.3 is 14.6 Å². The van der Waals surface area contributed by atoms with Crippen LogP contribution in [-0.4, -0.2) is 22.3 Å². The number of aryl methyl sites for hydroxylation is 1. The van der Waals surface area contributed by atoms with E-state index >= 15 is 0 Å². The standard InChI is InChI=1S/C30H50O4/c1-9-29(7,27(31)32)21-28(5,6)33-25-15-16-26-24(20-25)17-19-30(8,34-26)18-11-14-23(4)13-10-12-22(2)3/h15-16,20,22-23H,9-14,17-19,21H2,1-8H3,(H,31,32). The minimum absolute atomic E-state index is 0.100. The van der Waals surface area contributed by atoms with E-state index < -0.39 is 17.0 Å². The summed E-state index contributed by atoms with van der Waals surface area (Å²) in [6.45, 7) is 16.9. The summed E-state index contributed by atoms with van der Waals surface area (Å²) in [5, 5.41) is 9.65. The van der Waals surface area contributed by atoms with Gasteiger partial charge in [0, 0.05) is 6.42 Å². The van der Waals surface area contributed by atoms with Gasteiger partial charge in [-0.05, 0) is 95.4 Å². The minimum Gasteiger partial charge on any atom is -0.488 e. The van der Waals surface area contributed by atoms with Gasteiger partial charge in [-0.1, -0.05) is 53.4 Å². The number of fused-ring (bicyclic) bond motifs is 1. The van der Waals surface area contributed by atoms with Gasteiger partial charge in [0.15, 0.2) is 0 Å². The van der Waals surface area contributed by atoms with Crippen molar-refractivity contribution in [2.24, 2.45) is 17.3 Å². The molecule has 0 aromatic heterocycles. The van der Waals surface area contributed by atoms with Crippen molar-refractivity contribution in [1.82, 2.24) is 0 Å². The van der Waals surface area contributed by atoms with Crippen LogP contribution in [0, 0.1) is 17.3 Å². The Bertz CT molecular complexity index is 799. The lowest BCUT2D eigenvalue weighted by molar-refractivity contribution is -0.151. The van der Waals surface area contributed by atoms with Gasteiger partial charge in [-0.2, -0.15) is 0 Å². The number of rotatable bonds is 14. The summed E-state index contributed by atoms with van der Waals surface area (Å²) in [6.07, 6.45) is 10.6. The fourth-order valence-corrected chi connectivity index (χ4v) is 5.30. The van der Waals surface area contributed by atoms with Crippen molar-refractivity contribution >= 4 is 5.97 Å². The van der Waals surface area contributed by atoms with Gasteiger partial charge in [-0.25, -0.2) is 0 Å². The molecule has 1 aromatic rings. The van der Waals surface area contributed by atoms with Gasteiger partial charge in [-0.3, -0.25) is 4.79 Å².